The Labute approximate surface area is 184 Å². The summed E-state index contributed by atoms with van der Waals surface area (Å²) in [6.45, 7) is 1.19. The minimum atomic E-state index is -1.03. The average molecular weight is 441 g/mol. The number of hydrogen-bond acceptors (Lipinski definition) is 9. The molecule has 4 rings (SSSR count). The van der Waals surface area contributed by atoms with Crippen molar-refractivity contribution in [2.24, 2.45) is 11.8 Å². The van der Waals surface area contributed by atoms with Gasteiger partial charge in [0.25, 0.3) is 5.89 Å². The normalized spacial score (nSPS) is 20.8. The third-order valence-electron chi connectivity index (χ3n) is 5.72. The third-order valence-corrected chi connectivity index (χ3v) is 5.72. The number of benzene rings is 1. The van der Waals surface area contributed by atoms with Gasteiger partial charge in [0, 0.05) is 5.56 Å². The molecule has 0 saturated carbocycles. The molecule has 1 saturated heterocycles. The molecule has 10 nitrogen and oxygen atoms in total. The number of amides is 2. The second kappa shape index (κ2) is 8.81. The summed E-state index contributed by atoms with van der Waals surface area (Å²) in [7, 11) is 3.05. The highest BCUT2D eigenvalue weighted by Gasteiger charge is 2.50. The van der Waals surface area contributed by atoms with Crippen LogP contribution in [-0.4, -0.2) is 53.1 Å². The number of likely N-dealkylation sites (tertiary alicyclic amines) is 1. The first kappa shape index (κ1) is 21.5. The molecule has 2 heterocycles. The molecule has 168 valence electrons. The molecular weight excluding hydrogens is 418 g/mol. The number of carbonyl (C=O) groups is 3. The molecule has 10 heteroatoms. The first-order chi connectivity index (χ1) is 15.4. The fourth-order valence-corrected chi connectivity index (χ4v) is 3.97. The predicted octanol–water partition coefficient (Wildman–Crippen LogP) is 2.14. The Bertz CT molecular complexity index is 1050. The second-order valence-corrected chi connectivity index (χ2v) is 7.57. The fraction of sp³-hybridized carbons (Fsp3) is 0.409. The number of aromatic nitrogens is 2. The molecule has 1 aromatic heterocycles. The highest BCUT2D eigenvalue weighted by atomic mass is 16.6. The second-order valence-electron chi connectivity index (χ2n) is 7.57. The number of nitrogens with zero attached hydrogens (tertiary/aromatic N) is 3. The van der Waals surface area contributed by atoms with Gasteiger partial charge in [0.05, 0.1) is 26.1 Å². The lowest BCUT2D eigenvalue weighted by atomic mass is 9.85. The Morgan fingerprint density at radius 2 is 1.78 bits per heavy atom. The minimum Gasteiger partial charge on any atom is -0.493 e. The Balaban J connectivity index is 1.39. The lowest BCUT2D eigenvalue weighted by molar-refractivity contribution is -0.159. The summed E-state index contributed by atoms with van der Waals surface area (Å²) in [4.78, 5) is 43.0. The van der Waals surface area contributed by atoms with Gasteiger partial charge in [0.1, 0.15) is 6.04 Å². The van der Waals surface area contributed by atoms with E-state index in [1.54, 1.807) is 18.2 Å². The zero-order valence-corrected chi connectivity index (χ0v) is 17.9. The van der Waals surface area contributed by atoms with Gasteiger partial charge in [-0.25, -0.2) is 4.79 Å². The van der Waals surface area contributed by atoms with E-state index in [-0.39, 0.29) is 30.1 Å². The number of imide groups is 1. The molecule has 0 unspecified atom stereocenters. The molecule has 0 bridgehead atoms. The Kier molecular flexibility index (Phi) is 5.93. The molecule has 2 aromatic rings. The van der Waals surface area contributed by atoms with E-state index in [1.165, 1.54) is 21.1 Å². The van der Waals surface area contributed by atoms with Gasteiger partial charge in [0.2, 0.25) is 17.6 Å². The molecule has 2 aliphatic rings. The van der Waals surface area contributed by atoms with E-state index >= 15 is 0 Å². The third kappa shape index (κ3) is 3.83. The number of methoxy groups -OCH3 is 2. The van der Waals surface area contributed by atoms with Crippen LogP contribution < -0.4 is 9.47 Å². The summed E-state index contributed by atoms with van der Waals surface area (Å²) in [5.41, 5.74) is 0.627. The van der Waals surface area contributed by atoms with Gasteiger partial charge in [0.15, 0.2) is 18.1 Å². The van der Waals surface area contributed by atoms with Crippen LogP contribution in [0, 0.1) is 11.8 Å². The van der Waals surface area contributed by atoms with E-state index in [0.29, 0.717) is 29.9 Å². The van der Waals surface area contributed by atoms with Gasteiger partial charge >= 0.3 is 5.97 Å². The topological polar surface area (TPSA) is 121 Å². The summed E-state index contributed by atoms with van der Waals surface area (Å²) in [6, 6.07) is 4.11. The van der Waals surface area contributed by atoms with Gasteiger partial charge in [-0.2, -0.15) is 4.98 Å². The zero-order chi connectivity index (χ0) is 22.8. The van der Waals surface area contributed by atoms with E-state index in [9.17, 15) is 14.4 Å². The molecular formula is C22H23N3O7. The number of rotatable bonds is 7. The van der Waals surface area contributed by atoms with Crippen molar-refractivity contribution in [1.82, 2.24) is 15.0 Å². The highest BCUT2D eigenvalue weighted by Crippen LogP contribution is 2.36. The monoisotopic (exact) mass is 441 g/mol. The van der Waals surface area contributed by atoms with Gasteiger partial charge in [-0.1, -0.05) is 17.3 Å². The van der Waals surface area contributed by atoms with Crippen LogP contribution in [0.5, 0.6) is 11.5 Å². The summed E-state index contributed by atoms with van der Waals surface area (Å²) in [5.74, 6) is -0.755. The van der Waals surface area contributed by atoms with Gasteiger partial charge in [-0.3, -0.25) is 14.5 Å². The Morgan fingerprint density at radius 1 is 1.12 bits per heavy atom. The molecule has 1 aliphatic carbocycles. The molecule has 0 radical (unpaired) electrons. The van der Waals surface area contributed by atoms with Crippen LogP contribution in [0.25, 0.3) is 11.4 Å². The zero-order valence-electron chi connectivity index (χ0n) is 17.9. The SMILES string of the molecule is COc1ccc(-c2noc(COC(=O)[C@H](C)N3C(=O)[C@H]4CC=CC[C@H]4C3=O)n2)cc1OC. The summed E-state index contributed by atoms with van der Waals surface area (Å²) >= 11 is 0. The van der Waals surface area contributed by atoms with Crippen LogP contribution in [0.3, 0.4) is 0 Å². The lowest BCUT2D eigenvalue weighted by Crippen LogP contribution is -2.44. The smallest absolute Gasteiger partial charge is 0.329 e. The molecule has 1 aliphatic heterocycles. The quantitative estimate of drug-likeness (QED) is 0.361. The number of hydrogen-bond donors (Lipinski definition) is 0. The van der Waals surface area contributed by atoms with Crippen LogP contribution in [-0.2, 0) is 25.7 Å². The first-order valence-corrected chi connectivity index (χ1v) is 10.2. The molecule has 1 aromatic carbocycles. The minimum absolute atomic E-state index is 0.0762. The summed E-state index contributed by atoms with van der Waals surface area (Å²) < 4.78 is 20.9. The van der Waals surface area contributed by atoms with Crippen molar-refractivity contribution >= 4 is 17.8 Å². The average Bonchev–Trinajstić information content (AvgIpc) is 3.39. The summed E-state index contributed by atoms with van der Waals surface area (Å²) in [5, 5.41) is 3.89. The highest BCUT2D eigenvalue weighted by molar-refractivity contribution is 6.08. The van der Waals surface area contributed by atoms with Crippen molar-refractivity contribution in [3.8, 4) is 22.9 Å². The fourth-order valence-electron chi connectivity index (χ4n) is 3.97. The lowest BCUT2D eigenvalue weighted by Gasteiger charge is -2.21. The van der Waals surface area contributed by atoms with E-state index in [0.717, 1.165) is 4.90 Å². The van der Waals surface area contributed by atoms with Crippen molar-refractivity contribution in [3.63, 3.8) is 0 Å². The maximum Gasteiger partial charge on any atom is 0.329 e. The molecule has 3 atom stereocenters. The van der Waals surface area contributed by atoms with Crippen molar-refractivity contribution in [2.75, 3.05) is 14.2 Å². The van der Waals surface area contributed by atoms with Crippen molar-refractivity contribution in [2.45, 2.75) is 32.4 Å². The number of esters is 1. The van der Waals surface area contributed by atoms with Crippen LogP contribution in [0.4, 0.5) is 0 Å². The standard InChI is InChI=1S/C22H23N3O7/c1-12(25-20(26)14-6-4-5-7-15(14)21(25)27)22(28)31-11-18-23-19(24-32-18)13-8-9-16(29-2)17(10-13)30-3/h4-5,8-10,12,14-15H,6-7,11H2,1-3H3/t12-,14-,15+/m0/s1. The molecule has 1 fully saturated rings. The van der Waals surface area contributed by atoms with E-state index < -0.39 is 23.8 Å². The molecule has 0 spiro atoms. The van der Waals surface area contributed by atoms with Crippen LogP contribution >= 0.6 is 0 Å². The number of allylic oxidation sites excluding steroid dienone is 2. The number of carbonyl (C=O) groups excluding carboxylic acids is 3. The Hall–Kier alpha value is -3.69. The maximum absolute atomic E-state index is 12.6. The van der Waals surface area contributed by atoms with Crippen LogP contribution in [0.1, 0.15) is 25.7 Å². The van der Waals surface area contributed by atoms with Crippen molar-refractivity contribution in [3.05, 3.63) is 36.2 Å². The van der Waals surface area contributed by atoms with Gasteiger partial charge < -0.3 is 18.7 Å². The largest absolute Gasteiger partial charge is 0.493 e. The van der Waals surface area contributed by atoms with Gasteiger partial charge in [-0.05, 0) is 38.0 Å². The van der Waals surface area contributed by atoms with Crippen LogP contribution in [0.2, 0.25) is 0 Å². The van der Waals surface area contributed by atoms with Crippen LogP contribution in [0.15, 0.2) is 34.9 Å². The molecule has 32 heavy (non-hydrogen) atoms. The maximum atomic E-state index is 12.6. The van der Waals surface area contributed by atoms with E-state index in [1.807, 2.05) is 12.2 Å². The van der Waals surface area contributed by atoms with Crippen molar-refractivity contribution in [1.29, 1.82) is 0 Å². The van der Waals surface area contributed by atoms with E-state index in [4.69, 9.17) is 18.7 Å². The number of fused-ring (bicyclic) bond motifs is 1. The van der Waals surface area contributed by atoms with Gasteiger partial charge in [-0.15, -0.1) is 0 Å². The predicted molar refractivity (Wildman–Crippen MR) is 109 cm³/mol. The first-order valence-electron chi connectivity index (χ1n) is 10.2. The van der Waals surface area contributed by atoms with Crippen molar-refractivity contribution < 1.29 is 33.1 Å². The van der Waals surface area contributed by atoms with E-state index in [2.05, 4.69) is 10.1 Å². The number of ether oxygens (including phenoxy) is 3. The summed E-state index contributed by atoms with van der Waals surface area (Å²) in [6.07, 6.45) is 4.80. The molecule has 0 N–H and O–H groups in total. The Morgan fingerprint density at radius 3 is 2.41 bits per heavy atom. The molecule has 2 amide bonds.